The number of aliphatic hydroxyl groups excluding tert-OH is 1. The van der Waals surface area contributed by atoms with Crippen LogP contribution < -0.4 is 9.47 Å². The van der Waals surface area contributed by atoms with Gasteiger partial charge in [0.15, 0.2) is 0 Å². The van der Waals surface area contributed by atoms with Crippen molar-refractivity contribution in [3.8, 4) is 11.5 Å². The van der Waals surface area contributed by atoms with E-state index < -0.39 is 17.7 Å². The van der Waals surface area contributed by atoms with Crippen molar-refractivity contribution in [2.45, 2.75) is 45.6 Å². The Kier molecular flexibility index (Phi) is 7.63. The maximum atomic E-state index is 13.5. The molecule has 1 aliphatic heterocycles. The summed E-state index contributed by atoms with van der Waals surface area (Å²) in [7, 11) is 3.18. The van der Waals surface area contributed by atoms with Crippen LogP contribution in [0.5, 0.6) is 11.5 Å². The number of carbonyl (C=O) groups excluding carboxylic acids is 2. The molecular formula is C32H35NO5. The molecule has 1 atom stereocenters. The van der Waals surface area contributed by atoms with E-state index in [1.165, 1.54) is 0 Å². The highest BCUT2D eigenvalue weighted by Gasteiger charge is 2.46. The maximum Gasteiger partial charge on any atom is 0.295 e. The molecule has 1 amide bonds. The normalized spacial score (nSPS) is 17.1. The Morgan fingerprint density at radius 3 is 2.24 bits per heavy atom. The Hall–Kier alpha value is -4.06. The van der Waals surface area contributed by atoms with Crippen LogP contribution in [-0.4, -0.2) is 42.5 Å². The summed E-state index contributed by atoms with van der Waals surface area (Å²) in [5.74, 6) is -0.123. The predicted octanol–water partition coefficient (Wildman–Crippen LogP) is 5.97. The Balaban J connectivity index is 1.82. The zero-order valence-electron chi connectivity index (χ0n) is 22.9. The smallest absolute Gasteiger partial charge is 0.295 e. The standard InChI is InChI=1S/C32H35NO5/c1-20-10-13-23(32(2,3)4)19-26(20)29(34)27-28(22-8-7-9-25(18-22)38-6)33(31(36)30(27)35)17-16-21-11-14-24(37-5)15-12-21/h7-15,18-19,28,34H,16-17H2,1-6H3/b29-27+. The SMILES string of the molecule is COc1ccc(CCN2C(=O)C(=O)/C(=C(/O)c3cc(C(C)(C)C)ccc3C)C2c2cccc(OC)c2)cc1. The van der Waals surface area contributed by atoms with Gasteiger partial charge in [-0.1, -0.05) is 57.2 Å². The van der Waals surface area contributed by atoms with E-state index in [0.717, 1.165) is 22.4 Å². The Morgan fingerprint density at radius 1 is 0.921 bits per heavy atom. The van der Waals surface area contributed by atoms with Gasteiger partial charge in [-0.25, -0.2) is 0 Å². The summed E-state index contributed by atoms with van der Waals surface area (Å²) < 4.78 is 10.7. The summed E-state index contributed by atoms with van der Waals surface area (Å²) in [6, 6.07) is 20.0. The first-order valence-corrected chi connectivity index (χ1v) is 12.7. The largest absolute Gasteiger partial charge is 0.507 e. The minimum atomic E-state index is -0.749. The average Bonchev–Trinajstić information content (AvgIpc) is 3.16. The van der Waals surface area contributed by atoms with Gasteiger partial charge in [-0.15, -0.1) is 0 Å². The number of carbonyl (C=O) groups is 2. The van der Waals surface area contributed by atoms with Crippen molar-refractivity contribution < 1.29 is 24.2 Å². The van der Waals surface area contributed by atoms with E-state index in [0.29, 0.717) is 29.8 Å². The number of amides is 1. The first kappa shape index (κ1) is 27.0. The van der Waals surface area contributed by atoms with Crippen LogP contribution in [0, 0.1) is 6.92 Å². The third kappa shape index (κ3) is 5.30. The van der Waals surface area contributed by atoms with Crippen molar-refractivity contribution in [3.05, 3.63) is 100 Å². The molecule has 38 heavy (non-hydrogen) atoms. The minimum absolute atomic E-state index is 0.0899. The molecule has 3 aromatic rings. The Morgan fingerprint density at radius 2 is 1.61 bits per heavy atom. The summed E-state index contributed by atoms with van der Waals surface area (Å²) in [6.45, 7) is 8.47. The number of likely N-dealkylation sites (tertiary alicyclic amines) is 1. The van der Waals surface area contributed by atoms with Gasteiger partial charge in [0.25, 0.3) is 11.7 Å². The fourth-order valence-corrected chi connectivity index (χ4v) is 4.80. The summed E-state index contributed by atoms with van der Waals surface area (Å²) in [6.07, 6.45) is 0.538. The number of aryl methyl sites for hydroxylation is 1. The molecule has 1 heterocycles. The summed E-state index contributed by atoms with van der Waals surface area (Å²) >= 11 is 0. The number of rotatable bonds is 7. The van der Waals surface area contributed by atoms with Crippen LogP contribution in [0.1, 0.15) is 54.6 Å². The molecule has 6 nitrogen and oxygen atoms in total. The highest BCUT2D eigenvalue weighted by atomic mass is 16.5. The number of hydrogen-bond donors (Lipinski definition) is 1. The number of benzene rings is 3. The van der Waals surface area contributed by atoms with Crippen LogP contribution in [0.15, 0.2) is 72.3 Å². The molecule has 1 unspecified atom stereocenters. The number of nitrogens with zero attached hydrogens (tertiary/aromatic N) is 1. The van der Waals surface area contributed by atoms with E-state index in [1.54, 1.807) is 19.1 Å². The van der Waals surface area contributed by atoms with Crippen LogP contribution in [0.25, 0.3) is 5.76 Å². The zero-order chi connectivity index (χ0) is 27.6. The molecule has 0 saturated carbocycles. The molecule has 0 aliphatic carbocycles. The van der Waals surface area contributed by atoms with Crippen molar-refractivity contribution in [1.29, 1.82) is 0 Å². The second-order valence-electron chi connectivity index (χ2n) is 10.6. The zero-order valence-corrected chi connectivity index (χ0v) is 22.9. The fourth-order valence-electron chi connectivity index (χ4n) is 4.80. The molecule has 1 fully saturated rings. The molecule has 6 heteroatoms. The van der Waals surface area contributed by atoms with E-state index in [9.17, 15) is 14.7 Å². The molecule has 1 aliphatic rings. The summed E-state index contributed by atoms with van der Waals surface area (Å²) in [5, 5.41) is 11.6. The van der Waals surface area contributed by atoms with Gasteiger partial charge in [0.1, 0.15) is 17.3 Å². The molecule has 0 bridgehead atoms. The average molecular weight is 514 g/mol. The molecule has 1 saturated heterocycles. The third-order valence-electron chi connectivity index (χ3n) is 7.11. The van der Waals surface area contributed by atoms with Gasteiger partial charge in [0, 0.05) is 12.1 Å². The van der Waals surface area contributed by atoms with Gasteiger partial charge >= 0.3 is 0 Å². The van der Waals surface area contributed by atoms with E-state index in [4.69, 9.17) is 9.47 Å². The van der Waals surface area contributed by atoms with Gasteiger partial charge in [-0.05, 0) is 71.3 Å². The first-order chi connectivity index (χ1) is 18.0. The van der Waals surface area contributed by atoms with Crippen LogP contribution in [0.4, 0.5) is 0 Å². The van der Waals surface area contributed by atoms with Crippen molar-refractivity contribution in [1.82, 2.24) is 4.90 Å². The van der Waals surface area contributed by atoms with Gasteiger partial charge in [0.05, 0.1) is 25.8 Å². The molecule has 0 spiro atoms. The Labute approximate surface area is 224 Å². The molecule has 0 aromatic heterocycles. The highest BCUT2D eigenvalue weighted by Crippen LogP contribution is 2.41. The maximum absolute atomic E-state index is 13.5. The van der Waals surface area contributed by atoms with Crippen LogP contribution in [0.3, 0.4) is 0 Å². The lowest BCUT2D eigenvalue weighted by molar-refractivity contribution is -0.139. The number of Topliss-reactive ketones (excluding diaryl/α,β-unsaturated/α-hetero) is 1. The quantitative estimate of drug-likeness (QED) is 0.239. The molecule has 3 aromatic carbocycles. The lowest BCUT2D eigenvalue weighted by Gasteiger charge is -2.26. The molecule has 198 valence electrons. The Bertz CT molecular complexity index is 1380. The van der Waals surface area contributed by atoms with E-state index in [1.807, 2.05) is 73.7 Å². The fraction of sp³-hybridized carbons (Fsp3) is 0.312. The van der Waals surface area contributed by atoms with Crippen LogP contribution in [0.2, 0.25) is 0 Å². The molecular weight excluding hydrogens is 478 g/mol. The van der Waals surface area contributed by atoms with Gasteiger partial charge in [0.2, 0.25) is 0 Å². The minimum Gasteiger partial charge on any atom is -0.507 e. The van der Waals surface area contributed by atoms with Gasteiger partial charge in [-0.2, -0.15) is 0 Å². The van der Waals surface area contributed by atoms with E-state index in [2.05, 4.69) is 20.8 Å². The number of hydrogen-bond acceptors (Lipinski definition) is 5. The van der Waals surface area contributed by atoms with Crippen molar-refractivity contribution in [2.24, 2.45) is 0 Å². The topological polar surface area (TPSA) is 76.1 Å². The molecule has 0 radical (unpaired) electrons. The number of ketones is 1. The number of ether oxygens (including phenoxy) is 2. The first-order valence-electron chi connectivity index (χ1n) is 12.7. The predicted molar refractivity (Wildman–Crippen MR) is 149 cm³/mol. The number of methoxy groups -OCH3 is 2. The van der Waals surface area contributed by atoms with E-state index >= 15 is 0 Å². The lowest BCUT2D eigenvalue weighted by Crippen LogP contribution is -2.31. The van der Waals surface area contributed by atoms with E-state index in [-0.39, 0.29) is 16.7 Å². The van der Waals surface area contributed by atoms with Crippen molar-refractivity contribution in [3.63, 3.8) is 0 Å². The number of aliphatic hydroxyl groups is 1. The summed E-state index contributed by atoms with van der Waals surface area (Å²) in [4.78, 5) is 28.5. The second kappa shape index (κ2) is 10.7. The molecule has 1 N–H and O–H groups in total. The third-order valence-corrected chi connectivity index (χ3v) is 7.11. The van der Waals surface area contributed by atoms with Gasteiger partial charge < -0.3 is 19.5 Å². The van der Waals surface area contributed by atoms with Gasteiger partial charge in [-0.3, -0.25) is 9.59 Å². The lowest BCUT2D eigenvalue weighted by atomic mass is 9.84. The van der Waals surface area contributed by atoms with Crippen molar-refractivity contribution >= 4 is 17.4 Å². The monoisotopic (exact) mass is 513 g/mol. The summed E-state index contributed by atoms with van der Waals surface area (Å²) in [5.41, 5.74) is 4.04. The van der Waals surface area contributed by atoms with Crippen LogP contribution >= 0.6 is 0 Å². The van der Waals surface area contributed by atoms with Crippen LogP contribution in [-0.2, 0) is 21.4 Å². The highest BCUT2D eigenvalue weighted by molar-refractivity contribution is 6.46. The molecule has 4 rings (SSSR count). The van der Waals surface area contributed by atoms with Crippen molar-refractivity contribution in [2.75, 3.05) is 20.8 Å². The second-order valence-corrected chi connectivity index (χ2v) is 10.6.